The zero-order chi connectivity index (χ0) is 15.4. The van der Waals surface area contributed by atoms with Gasteiger partial charge in [0.2, 0.25) is 11.9 Å². The first-order valence-electron chi connectivity index (χ1n) is 7.27. The van der Waals surface area contributed by atoms with E-state index in [1.165, 1.54) is 0 Å². The van der Waals surface area contributed by atoms with Crippen molar-refractivity contribution >= 4 is 17.7 Å². The lowest BCUT2D eigenvalue weighted by Crippen LogP contribution is -2.51. The SMILES string of the molecule is CC(CN)C(=O)N1CCN(c2ccnc(N(C)C)n2)CC1. The van der Waals surface area contributed by atoms with Crippen molar-refractivity contribution in [2.24, 2.45) is 11.7 Å². The third-order valence-electron chi connectivity index (χ3n) is 3.72. The molecular formula is C14H24N6O. The summed E-state index contributed by atoms with van der Waals surface area (Å²) in [6, 6.07) is 1.91. The number of hydrogen-bond acceptors (Lipinski definition) is 6. The van der Waals surface area contributed by atoms with E-state index >= 15 is 0 Å². The number of amides is 1. The van der Waals surface area contributed by atoms with Crippen LogP contribution in [0.4, 0.5) is 11.8 Å². The van der Waals surface area contributed by atoms with Crippen LogP contribution in [0.3, 0.4) is 0 Å². The van der Waals surface area contributed by atoms with Crippen molar-refractivity contribution in [1.82, 2.24) is 14.9 Å². The number of nitrogens with zero attached hydrogens (tertiary/aromatic N) is 5. The summed E-state index contributed by atoms with van der Waals surface area (Å²) in [6.45, 7) is 5.27. The van der Waals surface area contributed by atoms with E-state index in [-0.39, 0.29) is 11.8 Å². The molecule has 1 aromatic rings. The van der Waals surface area contributed by atoms with Crippen molar-refractivity contribution < 1.29 is 4.79 Å². The molecular weight excluding hydrogens is 268 g/mol. The van der Waals surface area contributed by atoms with Crippen molar-refractivity contribution in [3.05, 3.63) is 12.3 Å². The Morgan fingerprint density at radius 2 is 2.05 bits per heavy atom. The second-order valence-corrected chi connectivity index (χ2v) is 5.56. The Balaban J connectivity index is 1.98. The molecule has 1 fully saturated rings. The topological polar surface area (TPSA) is 78.6 Å². The molecule has 1 atom stereocenters. The minimum Gasteiger partial charge on any atom is -0.353 e. The quantitative estimate of drug-likeness (QED) is 0.827. The summed E-state index contributed by atoms with van der Waals surface area (Å²) in [5.41, 5.74) is 5.56. The fourth-order valence-corrected chi connectivity index (χ4v) is 2.30. The second kappa shape index (κ2) is 6.71. The molecule has 2 heterocycles. The lowest BCUT2D eigenvalue weighted by molar-refractivity contribution is -0.134. The zero-order valence-corrected chi connectivity index (χ0v) is 13.0. The number of piperazine rings is 1. The fraction of sp³-hybridized carbons (Fsp3) is 0.643. The Hall–Kier alpha value is -1.89. The van der Waals surface area contributed by atoms with Crippen LogP contribution in [0.2, 0.25) is 0 Å². The lowest BCUT2D eigenvalue weighted by atomic mass is 10.1. The Kier molecular flexibility index (Phi) is 4.95. The summed E-state index contributed by atoms with van der Waals surface area (Å²) in [7, 11) is 3.84. The van der Waals surface area contributed by atoms with E-state index in [9.17, 15) is 4.79 Å². The number of hydrogen-bond donors (Lipinski definition) is 1. The number of rotatable bonds is 4. The molecule has 0 spiro atoms. The van der Waals surface area contributed by atoms with Crippen molar-refractivity contribution in [1.29, 1.82) is 0 Å². The highest BCUT2D eigenvalue weighted by Gasteiger charge is 2.24. The zero-order valence-electron chi connectivity index (χ0n) is 13.0. The van der Waals surface area contributed by atoms with Gasteiger partial charge in [0.25, 0.3) is 0 Å². The van der Waals surface area contributed by atoms with Crippen LogP contribution in [0.25, 0.3) is 0 Å². The molecule has 0 aromatic carbocycles. The largest absolute Gasteiger partial charge is 0.353 e. The fourth-order valence-electron chi connectivity index (χ4n) is 2.30. The normalized spacial score (nSPS) is 16.8. The van der Waals surface area contributed by atoms with Gasteiger partial charge in [0, 0.05) is 58.9 Å². The van der Waals surface area contributed by atoms with Gasteiger partial charge >= 0.3 is 0 Å². The molecule has 1 aliphatic rings. The second-order valence-electron chi connectivity index (χ2n) is 5.56. The van der Waals surface area contributed by atoms with Crippen LogP contribution in [0.15, 0.2) is 12.3 Å². The number of nitrogens with two attached hydrogens (primary N) is 1. The molecule has 1 aromatic heterocycles. The van der Waals surface area contributed by atoms with Crippen LogP contribution in [-0.4, -0.2) is 67.6 Å². The summed E-state index contributed by atoms with van der Waals surface area (Å²) < 4.78 is 0. The van der Waals surface area contributed by atoms with Crippen LogP contribution in [-0.2, 0) is 4.79 Å². The summed E-state index contributed by atoms with van der Waals surface area (Å²) in [5, 5.41) is 0. The monoisotopic (exact) mass is 292 g/mol. The molecule has 1 saturated heterocycles. The molecule has 1 aliphatic heterocycles. The maximum absolute atomic E-state index is 12.1. The third kappa shape index (κ3) is 3.60. The van der Waals surface area contributed by atoms with Gasteiger partial charge in [-0.2, -0.15) is 4.98 Å². The first-order chi connectivity index (χ1) is 10.0. The van der Waals surface area contributed by atoms with E-state index in [2.05, 4.69) is 14.9 Å². The predicted octanol–water partition coefficient (Wildman–Crippen LogP) is -0.214. The Morgan fingerprint density at radius 3 is 2.62 bits per heavy atom. The Morgan fingerprint density at radius 1 is 1.38 bits per heavy atom. The highest BCUT2D eigenvalue weighted by atomic mass is 16.2. The molecule has 1 amide bonds. The van der Waals surface area contributed by atoms with Crippen LogP contribution in [0, 0.1) is 5.92 Å². The minimum atomic E-state index is -0.101. The van der Waals surface area contributed by atoms with E-state index < -0.39 is 0 Å². The van der Waals surface area contributed by atoms with E-state index in [4.69, 9.17) is 5.73 Å². The molecule has 0 radical (unpaired) electrons. The highest BCUT2D eigenvalue weighted by molar-refractivity contribution is 5.79. The van der Waals surface area contributed by atoms with Crippen molar-refractivity contribution in [3.8, 4) is 0 Å². The smallest absolute Gasteiger partial charge is 0.226 e. The van der Waals surface area contributed by atoms with Gasteiger partial charge in [-0.25, -0.2) is 4.98 Å². The molecule has 2 rings (SSSR count). The lowest BCUT2D eigenvalue weighted by Gasteiger charge is -2.36. The van der Waals surface area contributed by atoms with Gasteiger partial charge in [-0.3, -0.25) is 4.79 Å². The van der Waals surface area contributed by atoms with Crippen LogP contribution in [0.1, 0.15) is 6.92 Å². The van der Waals surface area contributed by atoms with Gasteiger partial charge in [0.15, 0.2) is 0 Å². The van der Waals surface area contributed by atoms with Crippen molar-refractivity contribution in [2.45, 2.75) is 6.92 Å². The number of anilines is 2. The first-order valence-corrected chi connectivity index (χ1v) is 7.27. The average Bonchev–Trinajstić information content (AvgIpc) is 2.53. The van der Waals surface area contributed by atoms with Gasteiger partial charge in [-0.05, 0) is 6.07 Å². The summed E-state index contributed by atoms with van der Waals surface area (Å²) in [5.74, 6) is 1.65. The van der Waals surface area contributed by atoms with E-state index in [0.29, 0.717) is 25.6 Å². The number of carbonyl (C=O) groups excluding carboxylic acids is 1. The predicted molar refractivity (Wildman–Crippen MR) is 83.4 cm³/mol. The van der Waals surface area contributed by atoms with Gasteiger partial charge in [0.05, 0.1) is 0 Å². The molecule has 0 saturated carbocycles. The van der Waals surface area contributed by atoms with Crippen molar-refractivity contribution in [3.63, 3.8) is 0 Å². The number of aromatic nitrogens is 2. The minimum absolute atomic E-state index is 0.101. The molecule has 116 valence electrons. The van der Waals surface area contributed by atoms with Gasteiger partial charge in [0.1, 0.15) is 5.82 Å². The van der Waals surface area contributed by atoms with E-state index in [1.807, 2.05) is 36.9 Å². The summed E-state index contributed by atoms with van der Waals surface area (Å²) in [6.07, 6.45) is 1.77. The summed E-state index contributed by atoms with van der Waals surface area (Å²) in [4.78, 5) is 26.8. The van der Waals surface area contributed by atoms with Gasteiger partial charge in [-0.15, -0.1) is 0 Å². The average molecular weight is 292 g/mol. The van der Waals surface area contributed by atoms with Crippen molar-refractivity contribution in [2.75, 3.05) is 56.6 Å². The molecule has 0 aliphatic carbocycles. The molecule has 21 heavy (non-hydrogen) atoms. The Labute approximate surface area is 125 Å². The molecule has 0 bridgehead atoms. The Bertz CT molecular complexity index is 484. The highest BCUT2D eigenvalue weighted by Crippen LogP contribution is 2.16. The van der Waals surface area contributed by atoms with Crippen LogP contribution in [0.5, 0.6) is 0 Å². The molecule has 7 heteroatoms. The summed E-state index contributed by atoms with van der Waals surface area (Å²) >= 11 is 0. The maximum atomic E-state index is 12.1. The first kappa shape index (κ1) is 15.5. The molecule has 1 unspecified atom stereocenters. The molecule has 2 N–H and O–H groups in total. The standard InChI is InChI=1S/C14H24N6O/c1-11(10-15)13(21)20-8-6-19(7-9-20)12-4-5-16-14(17-12)18(2)3/h4-5,11H,6-10,15H2,1-3H3. The maximum Gasteiger partial charge on any atom is 0.226 e. The van der Waals surface area contributed by atoms with E-state index in [1.54, 1.807) is 6.20 Å². The van der Waals surface area contributed by atoms with Crippen LogP contribution >= 0.6 is 0 Å². The third-order valence-corrected chi connectivity index (χ3v) is 3.72. The number of carbonyl (C=O) groups is 1. The van der Waals surface area contributed by atoms with E-state index in [0.717, 1.165) is 18.9 Å². The van der Waals surface area contributed by atoms with Gasteiger partial charge in [-0.1, -0.05) is 6.92 Å². The molecule has 7 nitrogen and oxygen atoms in total. The van der Waals surface area contributed by atoms with Gasteiger partial charge < -0.3 is 20.4 Å². The van der Waals surface area contributed by atoms with Crippen LogP contribution < -0.4 is 15.5 Å².